The number of rotatable bonds is 2. The Morgan fingerprint density at radius 1 is 1.12 bits per heavy atom. The van der Waals surface area contributed by atoms with Crippen molar-refractivity contribution in [2.75, 3.05) is 6.61 Å². The van der Waals surface area contributed by atoms with Crippen LogP contribution < -0.4 is 0 Å². The highest BCUT2D eigenvalue weighted by atomic mass is 16.5. The third kappa shape index (κ3) is 55.5. The predicted octanol–water partition coefficient (Wildman–Crippen LogP) is 0.112. The standard InChI is InChI=1S/C5H10O3.2C2H4O2/c1-3-8-5(7)4(2)6;2*1-2(3)4/h4,6H,3H2,1-2H3;2*1H3,(H,3,4). The number of aliphatic hydroxyl groups excluding tert-OH is 1. The van der Waals surface area contributed by atoms with Crippen LogP contribution in [0.5, 0.6) is 0 Å². The van der Waals surface area contributed by atoms with E-state index < -0.39 is 24.0 Å². The second-order valence-electron chi connectivity index (χ2n) is 2.47. The quantitative estimate of drug-likeness (QED) is 0.584. The Hall–Kier alpha value is -1.63. The summed E-state index contributed by atoms with van der Waals surface area (Å²) in [7, 11) is 0. The third-order valence-electron chi connectivity index (χ3n) is 0.628. The number of carbonyl (C=O) groups excluding carboxylic acids is 1. The van der Waals surface area contributed by atoms with Crippen LogP contribution in [0.3, 0.4) is 0 Å². The van der Waals surface area contributed by atoms with Gasteiger partial charge in [0.15, 0.2) is 0 Å². The molecule has 0 aromatic rings. The Balaban J connectivity index is -0.000000179. The van der Waals surface area contributed by atoms with Crippen LogP contribution in [0, 0.1) is 0 Å². The lowest BCUT2D eigenvalue weighted by molar-refractivity contribution is -0.152. The fourth-order valence-corrected chi connectivity index (χ4v) is 0.263. The monoisotopic (exact) mass is 238 g/mol. The highest BCUT2D eigenvalue weighted by Crippen LogP contribution is 1.84. The van der Waals surface area contributed by atoms with Gasteiger partial charge in [0.25, 0.3) is 11.9 Å². The Labute approximate surface area is 93.7 Å². The molecule has 0 aliphatic rings. The van der Waals surface area contributed by atoms with Crippen molar-refractivity contribution in [3.05, 3.63) is 0 Å². The fraction of sp³-hybridized carbons (Fsp3) is 0.667. The van der Waals surface area contributed by atoms with Gasteiger partial charge >= 0.3 is 5.97 Å². The van der Waals surface area contributed by atoms with Gasteiger partial charge < -0.3 is 20.1 Å². The zero-order chi connectivity index (χ0) is 13.7. The molecule has 1 atom stereocenters. The van der Waals surface area contributed by atoms with Gasteiger partial charge in [-0.2, -0.15) is 0 Å². The summed E-state index contributed by atoms with van der Waals surface area (Å²) in [5.41, 5.74) is 0. The first kappa shape index (κ1) is 19.9. The Kier molecular flexibility index (Phi) is 16.6. The van der Waals surface area contributed by atoms with Gasteiger partial charge in [-0.05, 0) is 13.8 Å². The number of aliphatic hydroxyl groups is 1. The number of carboxylic acids is 2. The highest BCUT2D eigenvalue weighted by Gasteiger charge is 2.07. The van der Waals surface area contributed by atoms with Crippen molar-refractivity contribution in [1.29, 1.82) is 0 Å². The molecular weight excluding hydrogens is 220 g/mol. The first-order valence-electron chi connectivity index (χ1n) is 4.38. The number of aliphatic carboxylic acids is 2. The maximum Gasteiger partial charge on any atom is 0.334 e. The Morgan fingerprint density at radius 3 is 1.44 bits per heavy atom. The van der Waals surface area contributed by atoms with Crippen LogP contribution >= 0.6 is 0 Å². The summed E-state index contributed by atoms with van der Waals surface area (Å²) in [6, 6.07) is 0. The summed E-state index contributed by atoms with van der Waals surface area (Å²) < 4.78 is 4.41. The second kappa shape index (κ2) is 13.4. The van der Waals surface area contributed by atoms with Gasteiger partial charge in [-0.3, -0.25) is 9.59 Å². The Bertz CT molecular complexity index is 190. The van der Waals surface area contributed by atoms with Gasteiger partial charge in [0.05, 0.1) is 6.61 Å². The van der Waals surface area contributed by atoms with Crippen LogP contribution in [0.25, 0.3) is 0 Å². The van der Waals surface area contributed by atoms with Crippen molar-refractivity contribution in [2.45, 2.75) is 33.8 Å². The van der Waals surface area contributed by atoms with Crippen molar-refractivity contribution in [3.63, 3.8) is 0 Å². The average Bonchev–Trinajstić information content (AvgIpc) is 2.02. The molecule has 0 aromatic heterocycles. The molecule has 0 amide bonds. The minimum atomic E-state index is -0.991. The van der Waals surface area contributed by atoms with E-state index in [2.05, 4.69) is 4.74 Å². The predicted molar refractivity (Wildman–Crippen MR) is 54.9 cm³/mol. The Morgan fingerprint density at radius 2 is 1.38 bits per heavy atom. The molecule has 3 N–H and O–H groups in total. The number of carbonyl (C=O) groups is 3. The van der Waals surface area contributed by atoms with Crippen LogP contribution in [0.4, 0.5) is 0 Å². The molecule has 0 radical (unpaired) electrons. The lowest BCUT2D eigenvalue weighted by atomic mass is 10.4. The lowest BCUT2D eigenvalue weighted by Crippen LogP contribution is -2.18. The maximum atomic E-state index is 10.3. The van der Waals surface area contributed by atoms with Crippen LogP contribution in [0.2, 0.25) is 0 Å². The van der Waals surface area contributed by atoms with Gasteiger partial charge in [-0.1, -0.05) is 0 Å². The molecule has 0 aromatic carbocycles. The summed E-state index contributed by atoms with van der Waals surface area (Å²) in [4.78, 5) is 28.3. The molecule has 0 spiro atoms. The minimum absolute atomic E-state index is 0.323. The molecule has 0 aliphatic carbocycles. The normalized spacial score (nSPS) is 9.56. The number of hydrogen-bond donors (Lipinski definition) is 3. The molecule has 0 heterocycles. The van der Waals surface area contributed by atoms with Crippen LogP contribution in [0.1, 0.15) is 27.7 Å². The van der Waals surface area contributed by atoms with E-state index in [1.807, 2.05) is 0 Å². The molecule has 0 saturated carbocycles. The summed E-state index contributed by atoms with van der Waals surface area (Å²) in [5.74, 6) is -2.23. The highest BCUT2D eigenvalue weighted by molar-refractivity contribution is 5.73. The van der Waals surface area contributed by atoms with Gasteiger partial charge in [0.2, 0.25) is 0 Å². The van der Waals surface area contributed by atoms with E-state index in [0.717, 1.165) is 13.8 Å². The van der Waals surface area contributed by atoms with Gasteiger partial charge in [-0.15, -0.1) is 0 Å². The molecule has 16 heavy (non-hydrogen) atoms. The first-order chi connectivity index (χ1) is 7.14. The average molecular weight is 238 g/mol. The zero-order valence-electron chi connectivity index (χ0n) is 9.76. The lowest BCUT2D eigenvalue weighted by Gasteiger charge is -2.01. The number of carboxylic acid groups (broad SMARTS) is 2. The minimum Gasteiger partial charge on any atom is -0.481 e. The molecule has 0 aliphatic heterocycles. The van der Waals surface area contributed by atoms with E-state index in [-0.39, 0.29) is 0 Å². The summed E-state index contributed by atoms with van der Waals surface area (Å²) in [6.45, 7) is 5.56. The number of esters is 1. The zero-order valence-corrected chi connectivity index (χ0v) is 9.76. The molecule has 96 valence electrons. The van der Waals surface area contributed by atoms with Crippen molar-refractivity contribution < 1.29 is 34.4 Å². The summed E-state index contributed by atoms with van der Waals surface area (Å²) >= 11 is 0. The summed E-state index contributed by atoms with van der Waals surface area (Å²) in [5, 5.41) is 23.3. The third-order valence-corrected chi connectivity index (χ3v) is 0.628. The summed E-state index contributed by atoms with van der Waals surface area (Å²) in [6.07, 6.45) is -0.991. The van der Waals surface area contributed by atoms with Gasteiger partial charge in [0, 0.05) is 13.8 Å². The molecule has 1 unspecified atom stereocenters. The van der Waals surface area contributed by atoms with Gasteiger partial charge in [-0.25, -0.2) is 4.79 Å². The van der Waals surface area contributed by atoms with E-state index in [1.165, 1.54) is 6.92 Å². The number of ether oxygens (including phenoxy) is 1. The molecule has 0 bridgehead atoms. The van der Waals surface area contributed by atoms with E-state index in [4.69, 9.17) is 24.9 Å². The van der Waals surface area contributed by atoms with Crippen molar-refractivity contribution in [3.8, 4) is 0 Å². The van der Waals surface area contributed by atoms with Crippen molar-refractivity contribution >= 4 is 17.9 Å². The molecular formula is C9H18O7. The SMILES string of the molecule is CC(=O)O.CC(=O)O.CCOC(=O)C(C)O. The maximum absolute atomic E-state index is 10.3. The molecule has 7 heteroatoms. The van der Waals surface area contributed by atoms with E-state index in [1.54, 1.807) is 6.92 Å². The first-order valence-corrected chi connectivity index (χ1v) is 4.38. The van der Waals surface area contributed by atoms with Crippen molar-refractivity contribution in [2.24, 2.45) is 0 Å². The van der Waals surface area contributed by atoms with E-state index in [9.17, 15) is 4.79 Å². The topological polar surface area (TPSA) is 121 Å². The van der Waals surface area contributed by atoms with Crippen LogP contribution in [-0.2, 0) is 19.1 Å². The van der Waals surface area contributed by atoms with Crippen molar-refractivity contribution in [1.82, 2.24) is 0 Å². The molecule has 7 nitrogen and oxygen atoms in total. The molecule has 0 rings (SSSR count). The van der Waals surface area contributed by atoms with Crippen LogP contribution in [0.15, 0.2) is 0 Å². The molecule has 0 saturated heterocycles. The van der Waals surface area contributed by atoms with Crippen LogP contribution in [-0.4, -0.2) is 45.9 Å². The molecule has 0 fully saturated rings. The van der Waals surface area contributed by atoms with E-state index >= 15 is 0 Å². The smallest absolute Gasteiger partial charge is 0.334 e. The second-order valence-corrected chi connectivity index (χ2v) is 2.47. The van der Waals surface area contributed by atoms with Gasteiger partial charge in [0.1, 0.15) is 6.10 Å². The fourth-order valence-electron chi connectivity index (χ4n) is 0.263. The van der Waals surface area contributed by atoms with E-state index in [0.29, 0.717) is 6.61 Å². The largest absolute Gasteiger partial charge is 0.481 e. The number of hydrogen-bond acceptors (Lipinski definition) is 5.